The number of hydrogen-bond donors (Lipinski definition) is 2. The summed E-state index contributed by atoms with van der Waals surface area (Å²) in [5.74, 6) is 0.456. The maximum atomic E-state index is 11.9. The lowest BCUT2D eigenvalue weighted by molar-refractivity contribution is 0.0934. The lowest BCUT2D eigenvalue weighted by Crippen LogP contribution is -2.39. The lowest BCUT2D eigenvalue weighted by atomic mass is 10.1. The SMILES string of the molecule is Cc1ccc([C@@H]2NC(=O)c3cccnc3N2)nc1. The molecule has 0 bridgehead atoms. The Kier molecular flexibility index (Phi) is 2.44. The maximum absolute atomic E-state index is 11.9. The quantitative estimate of drug-likeness (QED) is 0.795. The predicted octanol–water partition coefficient (Wildman–Crippen LogP) is 1.64. The van der Waals surface area contributed by atoms with Gasteiger partial charge in [-0.05, 0) is 30.7 Å². The molecule has 0 saturated carbocycles. The molecule has 0 unspecified atom stereocenters. The Morgan fingerprint density at radius 3 is 2.83 bits per heavy atom. The van der Waals surface area contributed by atoms with E-state index in [2.05, 4.69) is 20.6 Å². The van der Waals surface area contributed by atoms with Crippen molar-refractivity contribution in [1.29, 1.82) is 0 Å². The maximum Gasteiger partial charge on any atom is 0.256 e. The van der Waals surface area contributed by atoms with Crippen molar-refractivity contribution in [3.05, 3.63) is 53.5 Å². The molecule has 3 heterocycles. The number of carbonyl (C=O) groups excluding carboxylic acids is 1. The smallest absolute Gasteiger partial charge is 0.256 e. The summed E-state index contributed by atoms with van der Waals surface area (Å²) in [7, 11) is 0. The van der Waals surface area contributed by atoms with Crippen molar-refractivity contribution in [3.63, 3.8) is 0 Å². The summed E-state index contributed by atoms with van der Waals surface area (Å²) < 4.78 is 0. The average molecular weight is 240 g/mol. The second-order valence-corrected chi connectivity index (χ2v) is 4.21. The first-order chi connectivity index (χ1) is 8.74. The number of aryl methyl sites for hydroxylation is 1. The number of pyridine rings is 2. The molecular formula is C13H12N4O. The van der Waals surface area contributed by atoms with Crippen LogP contribution in [0.25, 0.3) is 0 Å². The zero-order chi connectivity index (χ0) is 12.5. The molecule has 0 radical (unpaired) electrons. The van der Waals surface area contributed by atoms with Crippen LogP contribution in [-0.4, -0.2) is 15.9 Å². The summed E-state index contributed by atoms with van der Waals surface area (Å²) in [5.41, 5.74) is 2.41. The van der Waals surface area contributed by atoms with Crippen LogP contribution < -0.4 is 10.6 Å². The molecule has 0 saturated heterocycles. The summed E-state index contributed by atoms with van der Waals surface area (Å²) in [6.45, 7) is 1.97. The second-order valence-electron chi connectivity index (χ2n) is 4.21. The fourth-order valence-electron chi connectivity index (χ4n) is 1.88. The van der Waals surface area contributed by atoms with Crippen LogP contribution in [0, 0.1) is 6.92 Å². The number of rotatable bonds is 1. The van der Waals surface area contributed by atoms with Gasteiger partial charge < -0.3 is 10.6 Å². The summed E-state index contributed by atoms with van der Waals surface area (Å²) >= 11 is 0. The molecule has 1 amide bonds. The first kappa shape index (κ1) is 10.7. The van der Waals surface area contributed by atoms with Crippen molar-refractivity contribution in [2.24, 2.45) is 0 Å². The van der Waals surface area contributed by atoms with Gasteiger partial charge in [-0.2, -0.15) is 0 Å². The minimum atomic E-state index is -0.333. The van der Waals surface area contributed by atoms with Gasteiger partial charge in [-0.25, -0.2) is 4.98 Å². The van der Waals surface area contributed by atoms with E-state index in [0.29, 0.717) is 11.4 Å². The number of hydrogen-bond acceptors (Lipinski definition) is 4. The molecular weight excluding hydrogens is 228 g/mol. The van der Waals surface area contributed by atoms with Crippen LogP contribution in [0.1, 0.15) is 27.8 Å². The Balaban J connectivity index is 1.94. The number of nitrogens with zero attached hydrogens (tertiary/aromatic N) is 2. The van der Waals surface area contributed by atoms with Crippen molar-refractivity contribution in [2.45, 2.75) is 13.1 Å². The monoisotopic (exact) mass is 240 g/mol. The largest absolute Gasteiger partial charge is 0.344 e. The van der Waals surface area contributed by atoms with Crippen LogP contribution in [0.15, 0.2) is 36.7 Å². The molecule has 0 aliphatic carbocycles. The first-order valence-corrected chi connectivity index (χ1v) is 5.69. The molecule has 0 spiro atoms. The zero-order valence-corrected chi connectivity index (χ0v) is 9.84. The van der Waals surface area contributed by atoms with Gasteiger partial charge in [0.2, 0.25) is 0 Å². The minimum Gasteiger partial charge on any atom is -0.344 e. The Morgan fingerprint density at radius 1 is 1.17 bits per heavy atom. The van der Waals surface area contributed by atoms with E-state index < -0.39 is 0 Å². The second kappa shape index (κ2) is 4.10. The Bertz CT molecular complexity index is 594. The van der Waals surface area contributed by atoms with Crippen LogP contribution in [0.3, 0.4) is 0 Å². The highest BCUT2D eigenvalue weighted by molar-refractivity contribution is 6.00. The number of nitrogens with one attached hydrogen (secondary N) is 2. The van der Waals surface area contributed by atoms with E-state index in [-0.39, 0.29) is 12.1 Å². The van der Waals surface area contributed by atoms with Crippen molar-refractivity contribution in [2.75, 3.05) is 5.32 Å². The van der Waals surface area contributed by atoms with E-state index in [1.54, 1.807) is 24.5 Å². The van der Waals surface area contributed by atoms with Crippen LogP contribution in [0.2, 0.25) is 0 Å². The van der Waals surface area contributed by atoms with Gasteiger partial charge in [0.05, 0.1) is 11.3 Å². The molecule has 2 aromatic heterocycles. The summed E-state index contributed by atoms with van der Waals surface area (Å²) in [6.07, 6.45) is 3.10. The van der Waals surface area contributed by atoms with E-state index in [4.69, 9.17) is 0 Å². The van der Waals surface area contributed by atoms with Gasteiger partial charge in [0.15, 0.2) is 0 Å². The first-order valence-electron chi connectivity index (χ1n) is 5.69. The molecule has 1 atom stereocenters. The normalized spacial score (nSPS) is 17.6. The van der Waals surface area contributed by atoms with Gasteiger partial charge >= 0.3 is 0 Å². The fourth-order valence-corrected chi connectivity index (χ4v) is 1.88. The molecule has 5 nitrogen and oxygen atoms in total. The Labute approximate surface area is 104 Å². The molecule has 0 aromatic carbocycles. The van der Waals surface area contributed by atoms with Crippen molar-refractivity contribution in [3.8, 4) is 0 Å². The molecule has 0 fully saturated rings. The number of aromatic nitrogens is 2. The van der Waals surface area contributed by atoms with Crippen molar-refractivity contribution >= 4 is 11.7 Å². The van der Waals surface area contributed by atoms with Crippen molar-refractivity contribution < 1.29 is 4.79 Å². The molecule has 90 valence electrons. The highest BCUT2D eigenvalue weighted by atomic mass is 16.2. The average Bonchev–Trinajstić information content (AvgIpc) is 2.39. The van der Waals surface area contributed by atoms with E-state index in [0.717, 1.165) is 11.3 Å². The number of amides is 1. The standard InChI is InChI=1S/C13H12N4O/c1-8-4-5-10(15-7-8)12-16-11-9(13(18)17-12)3-2-6-14-11/h2-7,12H,1H3,(H,14,16)(H,17,18)/t12-/m0/s1. The molecule has 2 N–H and O–H groups in total. The summed E-state index contributed by atoms with van der Waals surface area (Å²) in [6, 6.07) is 7.33. The number of carbonyl (C=O) groups is 1. The predicted molar refractivity (Wildman–Crippen MR) is 67.0 cm³/mol. The molecule has 2 aromatic rings. The van der Waals surface area contributed by atoms with Gasteiger partial charge in [-0.15, -0.1) is 0 Å². The molecule has 3 rings (SSSR count). The van der Waals surface area contributed by atoms with Crippen LogP contribution >= 0.6 is 0 Å². The van der Waals surface area contributed by atoms with Crippen LogP contribution in [-0.2, 0) is 0 Å². The van der Waals surface area contributed by atoms with E-state index >= 15 is 0 Å². The fraction of sp³-hybridized carbons (Fsp3) is 0.154. The third-order valence-corrected chi connectivity index (χ3v) is 2.84. The topological polar surface area (TPSA) is 66.9 Å². The molecule has 18 heavy (non-hydrogen) atoms. The van der Waals surface area contributed by atoms with Gasteiger partial charge in [-0.1, -0.05) is 6.07 Å². The van der Waals surface area contributed by atoms with Crippen LogP contribution in [0.4, 0.5) is 5.82 Å². The molecule has 1 aliphatic rings. The molecule has 1 aliphatic heterocycles. The van der Waals surface area contributed by atoms with E-state index in [9.17, 15) is 4.79 Å². The van der Waals surface area contributed by atoms with Crippen molar-refractivity contribution in [1.82, 2.24) is 15.3 Å². The third-order valence-electron chi connectivity index (χ3n) is 2.84. The Morgan fingerprint density at radius 2 is 2.06 bits per heavy atom. The molecule has 5 heteroatoms. The highest BCUT2D eigenvalue weighted by Gasteiger charge is 2.25. The lowest BCUT2D eigenvalue weighted by Gasteiger charge is -2.26. The summed E-state index contributed by atoms with van der Waals surface area (Å²) in [5, 5.41) is 6.01. The number of fused-ring (bicyclic) bond motifs is 1. The van der Waals surface area contributed by atoms with E-state index in [1.165, 1.54) is 0 Å². The van der Waals surface area contributed by atoms with Gasteiger partial charge in [0, 0.05) is 12.4 Å². The summed E-state index contributed by atoms with van der Waals surface area (Å²) in [4.78, 5) is 20.4. The highest BCUT2D eigenvalue weighted by Crippen LogP contribution is 2.23. The minimum absolute atomic E-state index is 0.135. The Hall–Kier alpha value is -2.43. The zero-order valence-electron chi connectivity index (χ0n) is 9.84. The van der Waals surface area contributed by atoms with E-state index in [1.807, 2.05) is 19.1 Å². The van der Waals surface area contributed by atoms with Crippen LogP contribution in [0.5, 0.6) is 0 Å². The van der Waals surface area contributed by atoms with Gasteiger partial charge in [0.25, 0.3) is 5.91 Å². The van der Waals surface area contributed by atoms with Gasteiger partial charge in [-0.3, -0.25) is 9.78 Å². The number of anilines is 1. The third kappa shape index (κ3) is 1.79. The van der Waals surface area contributed by atoms with Gasteiger partial charge in [0.1, 0.15) is 12.0 Å².